The van der Waals surface area contributed by atoms with Crippen LogP contribution >= 0.6 is 0 Å². The molecule has 1 fully saturated rings. The first-order chi connectivity index (χ1) is 17.0. The number of alkyl carbamates (subject to hydrolysis) is 1. The molecule has 2 aromatic rings. The predicted molar refractivity (Wildman–Crippen MR) is 130 cm³/mol. The Morgan fingerprint density at radius 2 is 1.74 bits per heavy atom. The number of hydrogen-bond acceptors (Lipinski definition) is 5. The summed E-state index contributed by atoms with van der Waals surface area (Å²) in [4.78, 5) is 36.9. The SMILES string of the molecule is CCC[C@H](NC(=O)OCC1c2ccccc2-c2ccccc21)C(=O)NC1CCOCC1CC(=O)O. The number of carboxylic acids is 1. The lowest BCUT2D eigenvalue weighted by Crippen LogP contribution is -2.53. The number of aliphatic carboxylic acids is 1. The highest BCUT2D eigenvalue weighted by atomic mass is 16.5. The number of carbonyl (C=O) groups excluding carboxylic acids is 2. The van der Waals surface area contributed by atoms with Gasteiger partial charge in [-0.3, -0.25) is 9.59 Å². The Kier molecular flexibility index (Phi) is 8.02. The van der Waals surface area contributed by atoms with E-state index in [9.17, 15) is 14.4 Å². The molecule has 0 spiro atoms. The number of hydrogen-bond donors (Lipinski definition) is 3. The molecule has 0 radical (unpaired) electrons. The minimum atomic E-state index is -0.929. The number of rotatable bonds is 9. The topological polar surface area (TPSA) is 114 Å². The standard InChI is InChI=1S/C27H32N2O6/c1-2-7-24(26(32)28-23-12-13-34-15-17(23)14-25(30)31)29-27(33)35-16-22-20-10-5-3-8-18(20)19-9-4-6-11-21(19)22/h3-6,8-11,17,22-24H,2,7,12-16H2,1H3,(H,28,32)(H,29,33)(H,30,31)/t17?,23?,24-/m0/s1. The van der Waals surface area contributed by atoms with Crippen LogP contribution in [-0.2, 0) is 19.1 Å². The second-order valence-corrected chi connectivity index (χ2v) is 9.15. The van der Waals surface area contributed by atoms with Gasteiger partial charge in [0.15, 0.2) is 0 Å². The highest BCUT2D eigenvalue weighted by Crippen LogP contribution is 2.44. The van der Waals surface area contributed by atoms with Crippen LogP contribution in [-0.4, -0.2) is 55.0 Å². The number of nitrogens with one attached hydrogen (secondary N) is 2. The summed E-state index contributed by atoms with van der Waals surface area (Å²) >= 11 is 0. The van der Waals surface area contributed by atoms with E-state index < -0.39 is 18.1 Å². The molecule has 0 saturated carbocycles. The van der Waals surface area contributed by atoms with Gasteiger partial charge in [-0.25, -0.2) is 4.79 Å². The molecule has 3 N–H and O–H groups in total. The number of carboxylic acid groups (broad SMARTS) is 1. The van der Waals surface area contributed by atoms with Crippen molar-refractivity contribution in [1.82, 2.24) is 10.6 Å². The van der Waals surface area contributed by atoms with E-state index in [2.05, 4.69) is 34.9 Å². The van der Waals surface area contributed by atoms with Gasteiger partial charge in [0.25, 0.3) is 0 Å². The largest absolute Gasteiger partial charge is 0.481 e. The number of ether oxygens (including phenoxy) is 2. The highest BCUT2D eigenvalue weighted by molar-refractivity contribution is 5.86. The zero-order valence-electron chi connectivity index (χ0n) is 19.9. The van der Waals surface area contributed by atoms with Crippen molar-refractivity contribution in [2.45, 2.75) is 50.6 Å². The van der Waals surface area contributed by atoms with Gasteiger partial charge in [0.1, 0.15) is 12.6 Å². The van der Waals surface area contributed by atoms with Gasteiger partial charge < -0.3 is 25.2 Å². The Morgan fingerprint density at radius 3 is 2.37 bits per heavy atom. The third-order valence-corrected chi connectivity index (χ3v) is 6.77. The zero-order valence-corrected chi connectivity index (χ0v) is 19.9. The molecule has 3 atom stereocenters. The predicted octanol–water partition coefficient (Wildman–Crippen LogP) is 3.69. The lowest BCUT2D eigenvalue weighted by atomic mass is 9.92. The summed E-state index contributed by atoms with van der Waals surface area (Å²) in [7, 11) is 0. The van der Waals surface area contributed by atoms with Crippen LogP contribution in [0.15, 0.2) is 48.5 Å². The third kappa shape index (κ3) is 5.82. The maximum absolute atomic E-state index is 13.0. The van der Waals surface area contributed by atoms with Crippen LogP contribution < -0.4 is 10.6 Å². The second-order valence-electron chi connectivity index (χ2n) is 9.15. The zero-order chi connectivity index (χ0) is 24.8. The van der Waals surface area contributed by atoms with Crippen LogP contribution in [0.25, 0.3) is 11.1 Å². The molecule has 8 heteroatoms. The lowest BCUT2D eigenvalue weighted by Gasteiger charge is -2.32. The first-order valence-corrected chi connectivity index (χ1v) is 12.2. The van der Waals surface area contributed by atoms with E-state index in [-0.39, 0.29) is 43.4 Å². The maximum atomic E-state index is 13.0. The lowest BCUT2D eigenvalue weighted by molar-refractivity contribution is -0.140. The van der Waals surface area contributed by atoms with Crippen LogP contribution in [0, 0.1) is 5.92 Å². The van der Waals surface area contributed by atoms with Crippen molar-refractivity contribution in [2.75, 3.05) is 19.8 Å². The molecule has 186 valence electrons. The molecule has 35 heavy (non-hydrogen) atoms. The van der Waals surface area contributed by atoms with Gasteiger partial charge in [-0.15, -0.1) is 0 Å². The summed E-state index contributed by atoms with van der Waals surface area (Å²) in [6, 6.07) is 15.1. The van der Waals surface area contributed by atoms with Crippen molar-refractivity contribution in [3.05, 3.63) is 59.7 Å². The highest BCUT2D eigenvalue weighted by Gasteiger charge is 2.32. The molecule has 1 aliphatic carbocycles. The molecule has 1 saturated heterocycles. The average Bonchev–Trinajstić information content (AvgIpc) is 3.17. The Bertz CT molecular complexity index is 1030. The molecule has 4 rings (SSSR count). The number of amides is 2. The quantitative estimate of drug-likeness (QED) is 0.504. The van der Waals surface area contributed by atoms with E-state index in [1.165, 1.54) is 0 Å². The van der Waals surface area contributed by atoms with Gasteiger partial charge in [-0.1, -0.05) is 61.9 Å². The Labute approximate surface area is 205 Å². The fourth-order valence-corrected chi connectivity index (χ4v) is 5.04. The van der Waals surface area contributed by atoms with Crippen molar-refractivity contribution in [1.29, 1.82) is 0 Å². The van der Waals surface area contributed by atoms with Gasteiger partial charge in [0, 0.05) is 24.5 Å². The summed E-state index contributed by atoms with van der Waals surface area (Å²) in [5.74, 6) is -1.63. The second kappa shape index (κ2) is 11.4. The molecule has 2 aromatic carbocycles. The molecule has 2 unspecified atom stereocenters. The maximum Gasteiger partial charge on any atom is 0.407 e. The normalized spacial score (nSPS) is 19.8. The molecule has 1 aliphatic heterocycles. The van der Waals surface area contributed by atoms with E-state index >= 15 is 0 Å². The van der Waals surface area contributed by atoms with E-state index in [1.54, 1.807) is 0 Å². The van der Waals surface area contributed by atoms with Crippen LogP contribution in [0.1, 0.15) is 49.7 Å². The van der Waals surface area contributed by atoms with Crippen LogP contribution in [0.2, 0.25) is 0 Å². The summed E-state index contributed by atoms with van der Waals surface area (Å²) in [5, 5.41) is 14.8. The van der Waals surface area contributed by atoms with Gasteiger partial charge in [-0.05, 0) is 35.1 Å². The molecular formula is C27H32N2O6. The fraction of sp³-hybridized carbons (Fsp3) is 0.444. The van der Waals surface area contributed by atoms with Crippen molar-refractivity contribution in [2.24, 2.45) is 5.92 Å². The summed E-state index contributed by atoms with van der Waals surface area (Å²) < 4.78 is 11.0. The molecule has 2 amide bonds. The Balaban J connectivity index is 1.37. The van der Waals surface area contributed by atoms with Gasteiger partial charge in [-0.2, -0.15) is 0 Å². The summed E-state index contributed by atoms with van der Waals surface area (Å²) in [6.45, 7) is 2.84. The monoisotopic (exact) mass is 480 g/mol. The van der Waals surface area contributed by atoms with Crippen molar-refractivity contribution in [3.63, 3.8) is 0 Å². The Morgan fingerprint density at radius 1 is 1.09 bits per heavy atom. The van der Waals surface area contributed by atoms with Gasteiger partial charge in [0.05, 0.1) is 13.0 Å². The minimum absolute atomic E-state index is 0.0642. The van der Waals surface area contributed by atoms with Gasteiger partial charge >= 0.3 is 12.1 Å². The molecule has 8 nitrogen and oxygen atoms in total. The van der Waals surface area contributed by atoms with Crippen molar-refractivity contribution < 1.29 is 29.0 Å². The average molecular weight is 481 g/mol. The Hall–Kier alpha value is -3.39. The molecule has 0 bridgehead atoms. The molecular weight excluding hydrogens is 448 g/mol. The number of carbonyl (C=O) groups is 3. The van der Waals surface area contributed by atoms with Crippen molar-refractivity contribution >= 4 is 18.0 Å². The molecule has 1 heterocycles. The molecule has 2 aliphatic rings. The summed E-state index contributed by atoms with van der Waals surface area (Å²) in [6.07, 6.45) is 0.947. The van der Waals surface area contributed by atoms with E-state index in [0.29, 0.717) is 25.9 Å². The van der Waals surface area contributed by atoms with Crippen LogP contribution in [0.5, 0.6) is 0 Å². The first kappa shape index (κ1) is 24.7. The number of fused-ring (bicyclic) bond motifs is 3. The van der Waals surface area contributed by atoms with Gasteiger partial charge in [0.2, 0.25) is 5.91 Å². The summed E-state index contributed by atoms with van der Waals surface area (Å²) in [5.41, 5.74) is 4.53. The van der Waals surface area contributed by atoms with E-state index in [1.807, 2.05) is 31.2 Å². The third-order valence-electron chi connectivity index (χ3n) is 6.77. The molecule has 0 aromatic heterocycles. The number of benzene rings is 2. The van der Waals surface area contributed by atoms with Crippen LogP contribution in [0.4, 0.5) is 4.79 Å². The smallest absolute Gasteiger partial charge is 0.407 e. The van der Waals surface area contributed by atoms with E-state index in [4.69, 9.17) is 14.6 Å². The van der Waals surface area contributed by atoms with Crippen LogP contribution in [0.3, 0.4) is 0 Å². The minimum Gasteiger partial charge on any atom is -0.481 e. The van der Waals surface area contributed by atoms with E-state index in [0.717, 1.165) is 22.3 Å². The van der Waals surface area contributed by atoms with Crippen molar-refractivity contribution in [3.8, 4) is 11.1 Å². The first-order valence-electron chi connectivity index (χ1n) is 12.2. The fourth-order valence-electron chi connectivity index (χ4n) is 5.04.